The molecule has 0 saturated heterocycles. The van der Waals surface area contributed by atoms with Crippen LogP contribution in [-0.2, 0) is 40.8 Å². The fourth-order valence-corrected chi connectivity index (χ4v) is 9.26. The summed E-state index contributed by atoms with van der Waals surface area (Å²) in [6, 6.07) is 0. The van der Waals surface area contributed by atoms with E-state index < -0.39 is 23.5 Å². The molecule has 0 aromatic rings. The molecule has 0 aliphatic carbocycles. The molecule has 0 aromatic heterocycles. The van der Waals surface area contributed by atoms with Crippen LogP contribution in [0.5, 0.6) is 0 Å². The number of rotatable bonds is 42. The molecule has 12 nitrogen and oxygen atoms in total. The number of hydrogen-bond acceptors (Lipinski definition) is 12. The molecule has 16 heteroatoms. The van der Waals surface area contributed by atoms with E-state index in [2.05, 4.69) is 83.1 Å². The standard InChI is InChI=1S/3C16H35O4P.Ce/c3*1-5-9-11-15(7-3)13-19-21(17,18)20-14-16(8-4)12-10-6-2;/h3*15-16H,5-14H2,1-4H3,(H,17,18);/q;;;+3/p-3. The minimum absolute atomic E-state index is 0. The number of unbranched alkanes of at least 4 members (excludes halogenated alkanes) is 6. The molecule has 385 valence electrons. The third-order valence-electron chi connectivity index (χ3n) is 12.1. The van der Waals surface area contributed by atoms with Crippen molar-refractivity contribution in [3.63, 3.8) is 0 Å². The quantitative estimate of drug-likeness (QED) is 0.0530. The first-order chi connectivity index (χ1) is 30.0. The third kappa shape index (κ3) is 46.1. The van der Waals surface area contributed by atoms with Crippen LogP contribution in [0.25, 0.3) is 0 Å². The van der Waals surface area contributed by atoms with Gasteiger partial charge in [0.15, 0.2) is 0 Å². The maximum Gasteiger partial charge on any atom is 3.00 e. The Kier molecular flexibility index (Phi) is 54.6. The van der Waals surface area contributed by atoms with Gasteiger partial charge in [0.2, 0.25) is 0 Å². The zero-order valence-electron chi connectivity index (χ0n) is 43.4. The first-order valence-electron chi connectivity index (χ1n) is 25.8. The van der Waals surface area contributed by atoms with Crippen LogP contribution in [0.3, 0.4) is 0 Å². The molecular weight excluding hydrogens is 1000 g/mol. The van der Waals surface area contributed by atoms with E-state index in [4.69, 9.17) is 27.1 Å². The van der Waals surface area contributed by atoms with Gasteiger partial charge in [0.25, 0.3) is 23.5 Å². The summed E-state index contributed by atoms with van der Waals surface area (Å²) >= 11 is 0. The van der Waals surface area contributed by atoms with Gasteiger partial charge in [0, 0.05) is 0 Å². The summed E-state index contributed by atoms with van der Waals surface area (Å²) in [5, 5.41) is 0. The van der Waals surface area contributed by atoms with Crippen LogP contribution in [0.2, 0.25) is 0 Å². The van der Waals surface area contributed by atoms with Crippen molar-refractivity contribution < 1.29 is 97.3 Å². The molecule has 6 atom stereocenters. The van der Waals surface area contributed by atoms with E-state index in [1.165, 1.54) is 0 Å². The van der Waals surface area contributed by atoms with Crippen molar-refractivity contribution >= 4 is 23.5 Å². The van der Waals surface area contributed by atoms with Crippen LogP contribution in [-0.4, -0.2) is 39.6 Å². The molecular formula is C48H102CeO12P3. The molecule has 0 aliphatic heterocycles. The smallest absolute Gasteiger partial charge is 0.756 e. The molecule has 0 N–H and O–H groups in total. The van der Waals surface area contributed by atoms with Crippen molar-refractivity contribution in [3.8, 4) is 0 Å². The number of hydrogen-bond donors (Lipinski definition) is 0. The average Bonchev–Trinajstić information content (AvgIpc) is 3.27. The van der Waals surface area contributed by atoms with Gasteiger partial charge in [-0.1, -0.05) is 199 Å². The molecule has 0 aromatic carbocycles. The monoisotopic (exact) mass is 1100 g/mol. The van der Waals surface area contributed by atoms with E-state index in [1.807, 2.05) is 0 Å². The Bertz CT molecular complexity index is 919. The SMILES string of the molecule is CCCCC(CC)COP(=O)([O-])OCC(CC)CCCC.CCCCC(CC)COP(=O)([O-])OCC(CC)CCCC.CCCCC(CC)COP(=O)([O-])OCC(CC)CCCC.[Ce+3]. The summed E-state index contributed by atoms with van der Waals surface area (Å²) in [4.78, 5) is 35.4. The van der Waals surface area contributed by atoms with E-state index >= 15 is 0 Å². The second-order valence-electron chi connectivity index (χ2n) is 17.6. The van der Waals surface area contributed by atoms with Crippen LogP contribution >= 0.6 is 23.5 Å². The summed E-state index contributed by atoms with van der Waals surface area (Å²) in [5.74, 6) is 1.82. The fraction of sp³-hybridized carbons (Fsp3) is 1.00. The molecule has 0 aliphatic rings. The summed E-state index contributed by atoms with van der Waals surface area (Å²) in [6.45, 7) is 26.7. The molecule has 0 heterocycles. The Morgan fingerprint density at radius 3 is 0.516 bits per heavy atom. The van der Waals surface area contributed by atoms with E-state index in [0.717, 1.165) is 154 Å². The van der Waals surface area contributed by atoms with E-state index in [1.54, 1.807) is 0 Å². The summed E-state index contributed by atoms with van der Waals surface area (Å²) in [5.41, 5.74) is 0. The van der Waals surface area contributed by atoms with Crippen molar-refractivity contribution in [2.75, 3.05) is 39.6 Å². The normalized spacial score (nSPS) is 17.1. The minimum Gasteiger partial charge on any atom is -0.756 e. The topological polar surface area (TPSA) is 176 Å². The van der Waals surface area contributed by atoms with E-state index in [-0.39, 0.29) is 81.4 Å². The molecule has 6 unspecified atom stereocenters. The van der Waals surface area contributed by atoms with Crippen LogP contribution in [0.4, 0.5) is 0 Å². The average molecular weight is 1100 g/mol. The summed E-state index contributed by atoms with van der Waals surface area (Å²) < 4.78 is 65.7. The van der Waals surface area contributed by atoms with Crippen molar-refractivity contribution in [3.05, 3.63) is 0 Å². The predicted octanol–water partition coefficient (Wildman–Crippen LogP) is 14.8. The van der Waals surface area contributed by atoms with Crippen LogP contribution in [0.1, 0.15) is 237 Å². The predicted molar refractivity (Wildman–Crippen MR) is 258 cm³/mol. The van der Waals surface area contributed by atoms with Gasteiger partial charge in [0.05, 0.1) is 39.6 Å². The van der Waals surface area contributed by atoms with Gasteiger partial charge in [-0.05, 0) is 74.0 Å². The Balaban J connectivity index is -0.000000419. The molecule has 0 amide bonds. The minimum atomic E-state index is -4.14. The number of phosphoric acid groups is 3. The zero-order valence-corrected chi connectivity index (χ0v) is 49.2. The maximum absolute atomic E-state index is 11.8. The second kappa shape index (κ2) is 48.3. The third-order valence-corrected chi connectivity index (χ3v) is 14.9. The molecule has 1 radical (unpaired) electrons. The maximum atomic E-state index is 11.8. The molecule has 0 rings (SSSR count). The van der Waals surface area contributed by atoms with Gasteiger partial charge in [-0.25, -0.2) is 0 Å². The molecule has 0 saturated carbocycles. The Labute approximate surface area is 429 Å². The van der Waals surface area contributed by atoms with Crippen LogP contribution < -0.4 is 14.7 Å². The van der Waals surface area contributed by atoms with Gasteiger partial charge in [0.1, 0.15) is 0 Å². The Morgan fingerprint density at radius 1 is 0.297 bits per heavy atom. The summed E-state index contributed by atoms with van der Waals surface area (Å²) in [6.07, 6.45) is 25.1. The Morgan fingerprint density at radius 2 is 0.422 bits per heavy atom. The van der Waals surface area contributed by atoms with Crippen molar-refractivity contribution in [1.82, 2.24) is 0 Å². The van der Waals surface area contributed by atoms with Gasteiger partial charge < -0.3 is 41.8 Å². The van der Waals surface area contributed by atoms with E-state index in [0.29, 0.717) is 35.5 Å². The van der Waals surface area contributed by atoms with E-state index in [9.17, 15) is 28.4 Å². The van der Waals surface area contributed by atoms with Crippen molar-refractivity contribution in [2.45, 2.75) is 237 Å². The first kappa shape index (κ1) is 72.3. The van der Waals surface area contributed by atoms with Gasteiger partial charge in [-0.2, -0.15) is 0 Å². The molecule has 64 heavy (non-hydrogen) atoms. The number of phosphoric ester groups is 3. The fourth-order valence-electron chi connectivity index (χ4n) is 6.68. The van der Waals surface area contributed by atoms with Crippen molar-refractivity contribution in [1.29, 1.82) is 0 Å². The van der Waals surface area contributed by atoms with Crippen LogP contribution in [0.15, 0.2) is 0 Å². The second-order valence-corrected chi connectivity index (χ2v) is 21.8. The Hall–Kier alpha value is 1.71. The molecule has 0 spiro atoms. The van der Waals surface area contributed by atoms with Gasteiger partial charge >= 0.3 is 41.7 Å². The van der Waals surface area contributed by atoms with Crippen molar-refractivity contribution in [2.24, 2.45) is 35.5 Å². The van der Waals surface area contributed by atoms with Gasteiger partial charge in [-0.15, -0.1) is 0 Å². The first-order valence-corrected chi connectivity index (χ1v) is 30.1. The molecule has 0 fully saturated rings. The van der Waals surface area contributed by atoms with Crippen LogP contribution in [0, 0.1) is 77.3 Å². The molecule has 0 bridgehead atoms. The summed E-state index contributed by atoms with van der Waals surface area (Å²) in [7, 11) is -12.4. The zero-order chi connectivity index (χ0) is 48.4. The largest absolute Gasteiger partial charge is 3.00 e. The van der Waals surface area contributed by atoms with Gasteiger partial charge in [-0.3, -0.25) is 13.7 Å².